The van der Waals surface area contributed by atoms with Gasteiger partial charge in [-0.2, -0.15) is 0 Å². The molecule has 0 amide bonds. The van der Waals surface area contributed by atoms with Crippen molar-refractivity contribution in [2.45, 2.75) is 20.0 Å². The summed E-state index contributed by atoms with van der Waals surface area (Å²) in [4.78, 5) is 11.3. The molecule has 1 N–H and O–H groups in total. The molecule has 0 aliphatic carbocycles. The minimum Gasteiger partial charge on any atom is -0.463 e. The largest absolute Gasteiger partial charge is 0.463 e. The van der Waals surface area contributed by atoms with Crippen molar-refractivity contribution in [1.29, 1.82) is 0 Å². The number of hydrogen-bond acceptors (Lipinski definition) is 4. The van der Waals surface area contributed by atoms with E-state index in [9.17, 15) is 9.90 Å². The number of aliphatic hydroxyl groups is 1. The normalized spacial score (nSPS) is 12.2. The van der Waals surface area contributed by atoms with Crippen LogP contribution in [0.2, 0.25) is 0 Å². The van der Waals surface area contributed by atoms with Crippen LogP contribution in [0.25, 0.3) is 0 Å². The van der Waals surface area contributed by atoms with E-state index < -0.39 is 12.1 Å². The third-order valence-electron chi connectivity index (χ3n) is 3.22. The van der Waals surface area contributed by atoms with Crippen LogP contribution in [-0.2, 0) is 4.74 Å². The van der Waals surface area contributed by atoms with Gasteiger partial charge in [-0.1, -0.05) is 18.2 Å². The predicted octanol–water partition coefficient (Wildman–Crippen LogP) is 2.76. The smallest absolute Gasteiger partial charge is 0.373 e. The molecule has 1 atom stereocenters. The third-order valence-corrected chi connectivity index (χ3v) is 3.22. The van der Waals surface area contributed by atoms with Gasteiger partial charge in [-0.25, -0.2) is 4.79 Å². The van der Waals surface area contributed by atoms with Crippen LogP contribution in [0, 0.1) is 13.8 Å². The first-order valence-corrected chi connectivity index (χ1v) is 5.96. The molecule has 1 unspecified atom stereocenters. The maximum absolute atomic E-state index is 11.3. The molecule has 4 nitrogen and oxygen atoms in total. The average Bonchev–Trinajstić information content (AvgIpc) is 2.90. The minimum atomic E-state index is -0.890. The molecule has 0 aliphatic rings. The molecule has 1 heterocycles. The lowest BCUT2D eigenvalue weighted by Crippen LogP contribution is -2.02. The lowest BCUT2D eigenvalue weighted by Gasteiger charge is -2.13. The highest BCUT2D eigenvalue weighted by Crippen LogP contribution is 2.27. The number of furan rings is 1. The van der Waals surface area contributed by atoms with E-state index in [1.807, 2.05) is 32.0 Å². The van der Waals surface area contributed by atoms with E-state index in [4.69, 9.17) is 4.42 Å². The lowest BCUT2D eigenvalue weighted by molar-refractivity contribution is 0.0558. The maximum Gasteiger partial charge on any atom is 0.373 e. The monoisotopic (exact) mass is 260 g/mol. The van der Waals surface area contributed by atoms with E-state index >= 15 is 0 Å². The third kappa shape index (κ3) is 2.53. The second kappa shape index (κ2) is 5.28. The van der Waals surface area contributed by atoms with Gasteiger partial charge < -0.3 is 14.3 Å². The Labute approximate surface area is 111 Å². The average molecular weight is 260 g/mol. The van der Waals surface area contributed by atoms with Gasteiger partial charge in [0.15, 0.2) is 0 Å². The van der Waals surface area contributed by atoms with Gasteiger partial charge in [-0.15, -0.1) is 0 Å². The van der Waals surface area contributed by atoms with Crippen molar-refractivity contribution in [1.82, 2.24) is 0 Å². The highest BCUT2D eigenvalue weighted by molar-refractivity contribution is 5.86. The standard InChI is InChI=1S/C15H16O4/c1-9-5-4-6-11(10(9)2)14(16)12-7-8-13(19-12)15(17)18-3/h4-8,14,16H,1-3H3. The SMILES string of the molecule is COC(=O)c1ccc(C(O)c2cccc(C)c2C)o1. The van der Waals surface area contributed by atoms with Crippen molar-refractivity contribution in [2.75, 3.05) is 7.11 Å². The molecule has 0 bridgehead atoms. The van der Waals surface area contributed by atoms with Crippen molar-refractivity contribution in [3.63, 3.8) is 0 Å². The fourth-order valence-electron chi connectivity index (χ4n) is 1.93. The summed E-state index contributed by atoms with van der Waals surface area (Å²) in [5.41, 5.74) is 2.87. The Bertz CT molecular complexity index is 598. The molecule has 0 radical (unpaired) electrons. The molecule has 0 fully saturated rings. The molecule has 19 heavy (non-hydrogen) atoms. The summed E-state index contributed by atoms with van der Waals surface area (Å²) in [7, 11) is 1.28. The number of aliphatic hydroxyl groups excluding tert-OH is 1. The quantitative estimate of drug-likeness (QED) is 0.862. The van der Waals surface area contributed by atoms with Gasteiger partial charge in [-0.3, -0.25) is 0 Å². The van der Waals surface area contributed by atoms with Crippen molar-refractivity contribution in [3.8, 4) is 0 Å². The molecule has 100 valence electrons. The summed E-state index contributed by atoms with van der Waals surface area (Å²) in [6.45, 7) is 3.92. The zero-order chi connectivity index (χ0) is 14.0. The lowest BCUT2D eigenvalue weighted by atomic mass is 9.98. The second-order valence-electron chi connectivity index (χ2n) is 4.39. The Balaban J connectivity index is 2.34. The fourth-order valence-corrected chi connectivity index (χ4v) is 1.93. The molecule has 1 aromatic heterocycles. The van der Waals surface area contributed by atoms with E-state index in [0.29, 0.717) is 5.76 Å². The van der Waals surface area contributed by atoms with Gasteiger partial charge in [-0.05, 0) is 42.7 Å². The molecular weight excluding hydrogens is 244 g/mol. The first-order chi connectivity index (χ1) is 9.04. The Kier molecular flexibility index (Phi) is 3.71. The fraction of sp³-hybridized carbons (Fsp3) is 0.267. The highest BCUT2D eigenvalue weighted by atomic mass is 16.5. The highest BCUT2D eigenvalue weighted by Gasteiger charge is 2.19. The summed E-state index contributed by atoms with van der Waals surface area (Å²) in [6.07, 6.45) is -0.890. The van der Waals surface area contributed by atoms with Crippen LogP contribution >= 0.6 is 0 Å². The first-order valence-electron chi connectivity index (χ1n) is 5.96. The molecule has 2 aromatic rings. The number of aryl methyl sites for hydroxylation is 1. The number of carbonyl (C=O) groups excluding carboxylic acids is 1. The van der Waals surface area contributed by atoms with Gasteiger partial charge >= 0.3 is 5.97 Å². The van der Waals surface area contributed by atoms with Gasteiger partial charge in [0.2, 0.25) is 5.76 Å². The number of carbonyl (C=O) groups is 1. The number of rotatable bonds is 3. The predicted molar refractivity (Wildman–Crippen MR) is 70.0 cm³/mol. The number of benzene rings is 1. The number of ether oxygens (including phenoxy) is 1. The van der Waals surface area contributed by atoms with Crippen LogP contribution < -0.4 is 0 Å². The molecule has 2 rings (SSSR count). The van der Waals surface area contributed by atoms with Crippen molar-refractivity contribution < 1.29 is 19.1 Å². The molecule has 0 spiro atoms. The van der Waals surface area contributed by atoms with E-state index in [-0.39, 0.29) is 5.76 Å². The van der Waals surface area contributed by atoms with Gasteiger partial charge in [0.05, 0.1) is 7.11 Å². The van der Waals surface area contributed by atoms with Gasteiger partial charge in [0.1, 0.15) is 11.9 Å². The van der Waals surface area contributed by atoms with Gasteiger partial charge in [0.25, 0.3) is 0 Å². The summed E-state index contributed by atoms with van der Waals surface area (Å²) in [5.74, 6) is -0.143. The molecule has 0 aliphatic heterocycles. The van der Waals surface area contributed by atoms with E-state index in [1.165, 1.54) is 13.2 Å². The van der Waals surface area contributed by atoms with E-state index in [1.54, 1.807) is 6.07 Å². The Hall–Kier alpha value is -2.07. The van der Waals surface area contributed by atoms with Crippen LogP contribution in [0.5, 0.6) is 0 Å². The van der Waals surface area contributed by atoms with Crippen LogP contribution in [0.4, 0.5) is 0 Å². The molecular formula is C15H16O4. The summed E-state index contributed by atoms with van der Waals surface area (Å²) in [5, 5.41) is 10.3. The van der Waals surface area contributed by atoms with E-state index in [0.717, 1.165) is 16.7 Å². The topological polar surface area (TPSA) is 59.7 Å². The number of esters is 1. The van der Waals surface area contributed by atoms with Crippen LogP contribution in [0.15, 0.2) is 34.7 Å². The molecule has 0 saturated heterocycles. The summed E-state index contributed by atoms with van der Waals surface area (Å²) < 4.78 is 9.89. The summed E-state index contributed by atoms with van der Waals surface area (Å²) >= 11 is 0. The summed E-state index contributed by atoms with van der Waals surface area (Å²) in [6, 6.07) is 8.78. The Morgan fingerprint density at radius 3 is 2.68 bits per heavy atom. The molecule has 0 saturated carbocycles. The minimum absolute atomic E-state index is 0.0851. The second-order valence-corrected chi connectivity index (χ2v) is 4.39. The first kappa shape index (κ1) is 13.4. The number of methoxy groups -OCH3 is 1. The van der Waals surface area contributed by atoms with Crippen LogP contribution in [0.1, 0.15) is 39.1 Å². The van der Waals surface area contributed by atoms with Crippen molar-refractivity contribution in [3.05, 3.63) is 58.5 Å². The van der Waals surface area contributed by atoms with Gasteiger partial charge in [0, 0.05) is 0 Å². The molecule has 4 heteroatoms. The van der Waals surface area contributed by atoms with Crippen molar-refractivity contribution in [2.24, 2.45) is 0 Å². The molecule has 1 aromatic carbocycles. The Morgan fingerprint density at radius 2 is 2.00 bits per heavy atom. The van der Waals surface area contributed by atoms with Crippen LogP contribution in [-0.4, -0.2) is 18.2 Å². The Morgan fingerprint density at radius 1 is 1.26 bits per heavy atom. The maximum atomic E-state index is 11.3. The van der Waals surface area contributed by atoms with Crippen LogP contribution in [0.3, 0.4) is 0 Å². The zero-order valence-electron chi connectivity index (χ0n) is 11.1. The zero-order valence-corrected chi connectivity index (χ0v) is 11.1. The van der Waals surface area contributed by atoms with Crippen molar-refractivity contribution >= 4 is 5.97 Å². The van der Waals surface area contributed by atoms with E-state index in [2.05, 4.69) is 4.74 Å². The number of hydrogen-bond donors (Lipinski definition) is 1.